The summed E-state index contributed by atoms with van der Waals surface area (Å²) in [4.78, 5) is 28.4. The molecule has 0 bridgehead atoms. The minimum absolute atomic E-state index is 0.0128. The number of hydrogen-bond donors (Lipinski definition) is 1. The Labute approximate surface area is 200 Å². The Kier molecular flexibility index (Phi) is 5.86. The van der Waals surface area contributed by atoms with E-state index < -0.39 is 0 Å². The fraction of sp³-hybridized carbons (Fsp3) is 0.370. The summed E-state index contributed by atoms with van der Waals surface area (Å²) in [7, 11) is 0. The molecule has 3 heterocycles. The lowest BCUT2D eigenvalue weighted by atomic mass is 10.0. The molecule has 2 aromatic carbocycles. The van der Waals surface area contributed by atoms with E-state index in [4.69, 9.17) is 9.97 Å². The quantitative estimate of drug-likeness (QED) is 0.600. The molecule has 0 saturated carbocycles. The SMILES string of the molecule is C=CC(=O)N1CCN(c2nc(C(C)C)nc3c2CCN(c2cc(O)cc4ccccc24)C3)CC1. The van der Waals surface area contributed by atoms with Gasteiger partial charge in [0.15, 0.2) is 0 Å². The largest absolute Gasteiger partial charge is 0.508 e. The van der Waals surface area contributed by atoms with Crippen LogP contribution in [-0.4, -0.2) is 58.6 Å². The highest BCUT2D eigenvalue weighted by molar-refractivity contribution is 5.95. The van der Waals surface area contributed by atoms with Gasteiger partial charge in [0.05, 0.1) is 12.2 Å². The zero-order valence-corrected chi connectivity index (χ0v) is 19.9. The maximum atomic E-state index is 12.0. The van der Waals surface area contributed by atoms with Gasteiger partial charge in [-0.3, -0.25) is 4.79 Å². The van der Waals surface area contributed by atoms with Gasteiger partial charge in [-0.15, -0.1) is 0 Å². The number of amides is 1. The zero-order valence-electron chi connectivity index (χ0n) is 19.9. The van der Waals surface area contributed by atoms with Crippen molar-refractivity contribution in [3.63, 3.8) is 0 Å². The summed E-state index contributed by atoms with van der Waals surface area (Å²) in [5.74, 6) is 2.34. The van der Waals surface area contributed by atoms with Crippen molar-refractivity contribution in [3.05, 3.63) is 66.1 Å². The van der Waals surface area contributed by atoms with Crippen LogP contribution >= 0.6 is 0 Å². The molecule has 3 aromatic rings. The lowest BCUT2D eigenvalue weighted by molar-refractivity contribution is -0.126. The van der Waals surface area contributed by atoms with E-state index in [-0.39, 0.29) is 17.6 Å². The third kappa shape index (κ3) is 4.06. The number of phenolic OH excluding ortho intramolecular Hbond substituents is 1. The summed E-state index contributed by atoms with van der Waals surface area (Å²) in [5.41, 5.74) is 3.29. The molecule has 1 aromatic heterocycles. The van der Waals surface area contributed by atoms with E-state index in [1.54, 1.807) is 0 Å². The first-order valence-electron chi connectivity index (χ1n) is 12.0. The van der Waals surface area contributed by atoms with Gasteiger partial charge >= 0.3 is 0 Å². The van der Waals surface area contributed by atoms with Crippen molar-refractivity contribution < 1.29 is 9.90 Å². The van der Waals surface area contributed by atoms with Crippen LogP contribution in [-0.2, 0) is 17.8 Å². The average molecular weight is 458 g/mol. The van der Waals surface area contributed by atoms with Gasteiger partial charge in [-0.1, -0.05) is 44.7 Å². The fourth-order valence-electron chi connectivity index (χ4n) is 4.96. The molecule has 1 fully saturated rings. The first-order valence-corrected chi connectivity index (χ1v) is 12.0. The van der Waals surface area contributed by atoms with Gasteiger partial charge in [-0.05, 0) is 23.9 Å². The number of anilines is 2. The van der Waals surface area contributed by atoms with Crippen molar-refractivity contribution in [2.24, 2.45) is 0 Å². The van der Waals surface area contributed by atoms with Crippen molar-refractivity contribution in [3.8, 4) is 5.75 Å². The molecule has 176 valence electrons. The highest BCUT2D eigenvalue weighted by Crippen LogP contribution is 2.36. The first-order chi connectivity index (χ1) is 16.4. The number of hydrogen-bond acceptors (Lipinski definition) is 6. The number of aromatic hydroxyl groups is 1. The summed E-state index contributed by atoms with van der Waals surface area (Å²) in [6.07, 6.45) is 2.22. The predicted octanol–water partition coefficient (Wildman–Crippen LogP) is 3.86. The molecule has 0 atom stereocenters. The molecule has 7 heteroatoms. The van der Waals surface area contributed by atoms with Gasteiger partial charge in [0, 0.05) is 61.3 Å². The molecule has 0 unspecified atom stereocenters. The molecule has 1 N–H and O–H groups in total. The highest BCUT2D eigenvalue weighted by atomic mass is 16.3. The Morgan fingerprint density at radius 1 is 1.06 bits per heavy atom. The molecule has 7 nitrogen and oxygen atoms in total. The van der Waals surface area contributed by atoms with Crippen molar-refractivity contribution in [1.82, 2.24) is 14.9 Å². The van der Waals surface area contributed by atoms with E-state index in [0.29, 0.717) is 19.6 Å². The number of carbonyl (C=O) groups excluding carboxylic acids is 1. The van der Waals surface area contributed by atoms with Crippen LogP contribution in [0, 0.1) is 0 Å². The number of aromatic nitrogens is 2. The lowest BCUT2D eigenvalue weighted by Crippen LogP contribution is -2.49. The second kappa shape index (κ2) is 8.97. The Balaban J connectivity index is 1.48. The van der Waals surface area contributed by atoms with Gasteiger partial charge in [-0.2, -0.15) is 0 Å². The van der Waals surface area contributed by atoms with Crippen molar-refractivity contribution in [1.29, 1.82) is 0 Å². The summed E-state index contributed by atoms with van der Waals surface area (Å²) >= 11 is 0. The van der Waals surface area contributed by atoms with E-state index in [9.17, 15) is 9.90 Å². The van der Waals surface area contributed by atoms with Crippen molar-refractivity contribution in [2.45, 2.75) is 32.7 Å². The first kappa shape index (κ1) is 22.2. The van der Waals surface area contributed by atoms with Crippen molar-refractivity contribution >= 4 is 28.2 Å². The standard InChI is InChI=1S/C27H31N5O2/c1-4-25(34)30-11-13-31(14-12-30)27-22-9-10-32(17-23(22)28-26(29-27)18(2)3)24-16-20(33)15-19-7-5-6-8-21(19)24/h4-8,15-16,18,33H,1,9-14,17H2,2-3H3. The molecule has 2 aliphatic heterocycles. The Morgan fingerprint density at radius 3 is 2.56 bits per heavy atom. The van der Waals surface area contributed by atoms with E-state index in [0.717, 1.165) is 59.9 Å². The van der Waals surface area contributed by atoms with Crippen LogP contribution in [0.1, 0.15) is 36.8 Å². The molecular weight excluding hydrogens is 426 g/mol. The van der Waals surface area contributed by atoms with Gasteiger partial charge in [0.25, 0.3) is 0 Å². The number of benzene rings is 2. The van der Waals surface area contributed by atoms with Crippen LogP contribution in [0.5, 0.6) is 5.75 Å². The van der Waals surface area contributed by atoms with Gasteiger partial charge in [0.2, 0.25) is 5.91 Å². The summed E-state index contributed by atoms with van der Waals surface area (Å²) in [5, 5.41) is 12.5. The van der Waals surface area contributed by atoms with Gasteiger partial charge in [0.1, 0.15) is 17.4 Å². The van der Waals surface area contributed by atoms with Crippen LogP contribution < -0.4 is 9.80 Å². The normalized spacial score (nSPS) is 16.1. The van der Waals surface area contributed by atoms with Crippen LogP contribution in [0.4, 0.5) is 11.5 Å². The summed E-state index contributed by atoms with van der Waals surface area (Å²) in [6, 6.07) is 11.8. The summed E-state index contributed by atoms with van der Waals surface area (Å²) in [6.45, 7) is 12.2. The summed E-state index contributed by atoms with van der Waals surface area (Å²) < 4.78 is 0. The van der Waals surface area contributed by atoms with Crippen molar-refractivity contribution in [2.75, 3.05) is 42.5 Å². The second-order valence-electron chi connectivity index (χ2n) is 9.36. The van der Waals surface area contributed by atoms with Gasteiger partial charge in [-0.25, -0.2) is 9.97 Å². The second-order valence-corrected chi connectivity index (χ2v) is 9.36. The number of nitrogens with zero attached hydrogens (tertiary/aromatic N) is 5. The van der Waals surface area contributed by atoms with Crippen LogP contribution in [0.2, 0.25) is 0 Å². The Hall–Kier alpha value is -3.61. The Bertz CT molecular complexity index is 1250. The van der Waals surface area contributed by atoms with Crippen LogP contribution in [0.15, 0.2) is 49.1 Å². The molecule has 0 spiro atoms. The monoisotopic (exact) mass is 457 g/mol. The van der Waals surface area contributed by atoms with E-state index >= 15 is 0 Å². The van der Waals surface area contributed by atoms with E-state index in [1.807, 2.05) is 35.2 Å². The highest BCUT2D eigenvalue weighted by Gasteiger charge is 2.29. The minimum Gasteiger partial charge on any atom is -0.508 e. The molecule has 1 saturated heterocycles. The lowest BCUT2D eigenvalue weighted by Gasteiger charge is -2.38. The van der Waals surface area contributed by atoms with E-state index in [2.05, 4.69) is 36.3 Å². The number of carbonyl (C=O) groups is 1. The number of phenols is 1. The maximum Gasteiger partial charge on any atom is 0.246 e. The number of piperazine rings is 1. The molecule has 2 aliphatic rings. The smallest absolute Gasteiger partial charge is 0.246 e. The van der Waals surface area contributed by atoms with Crippen LogP contribution in [0.25, 0.3) is 10.8 Å². The molecule has 5 rings (SSSR count). The van der Waals surface area contributed by atoms with Crippen LogP contribution in [0.3, 0.4) is 0 Å². The molecule has 34 heavy (non-hydrogen) atoms. The topological polar surface area (TPSA) is 72.8 Å². The fourth-order valence-corrected chi connectivity index (χ4v) is 4.96. The molecule has 0 radical (unpaired) electrons. The van der Waals surface area contributed by atoms with E-state index in [1.165, 1.54) is 11.6 Å². The number of rotatable bonds is 4. The Morgan fingerprint density at radius 2 is 1.82 bits per heavy atom. The maximum absolute atomic E-state index is 12.0. The molecule has 0 aliphatic carbocycles. The zero-order chi connectivity index (χ0) is 23.8. The molecular formula is C27H31N5O2. The third-order valence-corrected chi connectivity index (χ3v) is 6.81. The number of fused-ring (bicyclic) bond motifs is 2. The molecule has 1 amide bonds. The van der Waals surface area contributed by atoms with Gasteiger partial charge < -0.3 is 19.8 Å². The minimum atomic E-state index is -0.0128. The predicted molar refractivity (Wildman–Crippen MR) is 135 cm³/mol. The third-order valence-electron chi connectivity index (χ3n) is 6.81. The average Bonchev–Trinajstić information content (AvgIpc) is 2.86.